The van der Waals surface area contributed by atoms with Gasteiger partial charge in [-0.2, -0.15) is 0 Å². The van der Waals surface area contributed by atoms with Crippen LogP contribution in [-0.2, 0) is 0 Å². The number of fused-ring (bicyclic) bond motifs is 1. The predicted octanol–water partition coefficient (Wildman–Crippen LogP) is 3.08. The molecule has 0 bridgehead atoms. The summed E-state index contributed by atoms with van der Waals surface area (Å²) in [5.74, 6) is -1.07. The Labute approximate surface area is 83.0 Å². The molecule has 14 heavy (non-hydrogen) atoms. The first-order valence-electron chi connectivity index (χ1n) is 3.84. The van der Waals surface area contributed by atoms with Crippen LogP contribution < -0.4 is 0 Å². The summed E-state index contributed by atoms with van der Waals surface area (Å²) in [7, 11) is 0. The molecule has 0 saturated heterocycles. The van der Waals surface area contributed by atoms with Crippen LogP contribution in [-0.4, -0.2) is 11.1 Å². The van der Waals surface area contributed by atoms with E-state index >= 15 is 0 Å². The van der Waals surface area contributed by atoms with Gasteiger partial charge in [0.2, 0.25) is 10.3 Å². The van der Waals surface area contributed by atoms with Crippen molar-refractivity contribution in [3.05, 3.63) is 34.1 Å². The number of diazo groups is 1. The van der Waals surface area contributed by atoms with Crippen molar-refractivity contribution in [2.75, 3.05) is 0 Å². The lowest BCUT2D eigenvalue weighted by Crippen LogP contribution is -1.90. The highest BCUT2D eigenvalue weighted by molar-refractivity contribution is 7.21. The molecule has 0 atom stereocenters. The number of hydrogen-bond donors (Lipinski definition) is 1. The summed E-state index contributed by atoms with van der Waals surface area (Å²) in [6.07, 6.45) is 0. The summed E-state index contributed by atoms with van der Waals surface area (Å²) >= 11 is 1.10. The molecule has 1 aromatic heterocycles. The van der Waals surface area contributed by atoms with E-state index in [0.29, 0.717) is 5.39 Å². The fourth-order valence-corrected chi connectivity index (χ4v) is 2.25. The Hall–Kier alpha value is -1.93. The Morgan fingerprint density at radius 1 is 1.43 bits per heavy atom. The lowest BCUT2D eigenvalue weighted by molar-refractivity contribution is 0.0703. The highest BCUT2D eigenvalue weighted by Gasteiger charge is 2.27. The molecule has 0 unspecified atom stereocenters. The molecular weight excluding hydrogens is 200 g/mol. The fraction of sp³-hybridized carbons (Fsp3) is 0. The smallest absolute Gasteiger partial charge is 0.418 e. The van der Waals surface area contributed by atoms with Gasteiger partial charge in [-0.15, -0.1) is 11.3 Å². The number of benzene rings is 1. The minimum atomic E-state index is -1.07. The van der Waals surface area contributed by atoms with Gasteiger partial charge in [0.15, 0.2) is 4.98 Å². The van der Waals surface area contributed by atoms with E-state index in [1.54, 1.807) is 18.2 Å². The van der Waals surface area contributed by atoms with E-state index < -0.39 is 5.97 Å². The molecule has 1 N–H and O–H groups in total. The molecule has 0 fully saturated rings. The lowest BCUT2D eigenvalue weighted by atomic mass is 10.2. The molecule has 0 saturated carbocycles. The summed E-state index contributed by atoms with van der Waals surface area (Å²) in [6.45, 7) is 0. The second kappa shape index (κ2) is 3.09. The number of aromatic carboxylic acids is 1. The van der Waals surface area contributed by atoms with Crippen molar-refractivity contribution in [2.45, 2.75) is 0 Å². The molecule has 0 spiro atoms. The predicted molar refractivity (Wildman–Crippen MR) is 53.5 cm³/mol. The van der Waals surface area contributed by atoms with Crippen molar-refractivity contribution < 1.29 is 9.90 Å². The van der Waals surface area contributed by atoms with E-state index in [9.17, 15) is 4.79 Å². The van der Waals surface area contributed by atoms with Crippen LogP contribution in [0, 0.1) is 5.39 Å². The van der Waals surface area contributed by atoms with Crippen LogP contribution in [0.5, 0.6) is 0 Å². The molecule has 0 amide bonds. The maximum atomic E-state index is 10.8. The number of thiophene rings is 1. The SMILES string of the molecule is N#[N+]c1c(C(=O)O)sc2ccccc12. The van der Waals surface area contributed by atoms with Crippen LogP contribution >= 0.6 is 11.3 Å². The zero-order chi connectivity index (χ0) is 10.1. The van der Waals surface area contributed by atoms with Crippen LogP contribution in [0.25, 0.3) is 15.1 Å². The lowest BCUT2D eigenvalue weighted by Gasteiger charge is -1.80. The Morgan fingerprint density at radius 3 is 2.79 bits per heavy atom. The molecule has 1 heterocycles. The van der Waals surface area contributed by atoms with E-state index in [1.165, 1.54) is 0 Å². The molecule has 68 valence electrons. The molecule has 0 aliphatic rings. The van der Waals surface area contributed by atoms with Gasteiger partial charge < -0.3 is 5.11 Å². The van der Waals surface area contributed by atoms with E-state index in [2.05, 4.69) is 4.98 Å². The number of carboxylic acid groups (broad SMARTS) is 1. The third-order valence-corrected chi connectivity index (χ3v) is 3.01. The highest BCUT2D eigenvalue weighted by atomic mass is 32.1. The van der Waals surface area contributed by atoms with Crippen LogP contribution in [0.3, 0.4) is 0 Å². The molecule has 2 rings (SSSR count). The van der Waals surface area contributed by atoms with Gasteiger partial charge in [0.05, 0.1) is 5.39 Å². The number of carbonyl (C=O) groups is 1. The summed E-state index contributed by atoms with van der Waals surface area (Å²) in [5.41, 5.74) is 0.137. The van der Waals surface area contributed by atoms with Gasteiger partial charge in [0.25, 0.3) is 0 Å². The van der Waals surface area contributed by atoms with Gasteiger partial charge in [-0.3, -0.25) is 0 Å². The van der Waals surface area contributed by atoms with Crippen molar-refractivity contribution in [1.29, 1.82) is 5.39 Å². The highest BCUT2D eigenvalue weighted by Crippen LogP contribution is 2.37. The molecule has 5 heteroatoms. The van der Waals surface area contributed by atoms with Crippen molar-refractivity contribution in [3.63, 3.8) is 0 Å². The molecule has 1 aromatic carbocycles. The van der Waals surface area contributed by atoms with Gasteiger partial charge in [-0.25, -0.2) is 4.79 Å². The molecule has 0 aliphatic heterocycles. The summed E-state index contributed by atoms with van der Waals surface area (Å²) in [5, 5.41) is 18.2. The van der Waals surface area contributed by atoms with Crippen LogP contribution in [0.4, 0.5) is 5.69 Å². The van der Waals surface area contributed by atoms with Crippen molar-refractivity contribution in [1.82, 2.24) is 0 Å². The second-order valence-electron chi connectivity index (χ2n) is 2.68. The topological polar surface area (TPSA) is 65.5 Å². The maximum absolute atomic E-state index is 10.8. The fourth-order valence-electron chi connectivity index (χ4n) is 1.28. The van der Waals surface area contributed by atoms with Crippen molar-refractivity contribution in [3.8, 4) is 0 Å². The molecule has 4 nitrogen and oxygen atoms in total. The van der Waals surface area contributed by atoms with Gasteiger partial charge in [-0.05, 0) is 12.1 Å². The standard InChI is InChI=1S/C9H4N2O2S/c10-11-7-5-3-1-2-4-6(5)14-8(7)9(12)13/h1-4H/p+1. The van der Waals surface area contributed by atoms with Gasteiger partial charge in [0, 0.05) is 4.70 Å². The van der Waals surface area contributed by atoms with Crippen LogP contribution in [0.1, 0.15) is 9.67 Å². The number of rotatable bonds is 1. The maximum Gasteiger partial charge on any atom is 0.418 e. The molecule has 0 aliphatic carbocycles. The zero-order valence-corrected chi connectivity index (χ0v) is 7.78. The average molecular weight is 205 g/mol. The van der Waals surface area contributed by atoms with Crippen LogP contribution in [0.2, 0.25) is 0 Å². The number of carboxylic acids is 1. The van der Waals surface area contributed by atoms with Crippen molar-refractivity contribution in [2.24, 2.45) is 0 Å². The monoisotopic (exact) mass is 205 g/mol. The Balaban J connectivity index is 2.87. The average Bonchev–Trinajstić information content (AvgIpc) is 2.56. The van der Waals surface area contributed by atoms with Crippen molar-refractivity contribution >= 4 is 33.1 Å². The first-order chi connectivity index (χ1) is 6.74. The largest absolute Gasteiger partial charge is 0.477 e. The second-order valence-corrected chi connectivity index (χ2v) is 3.73. The summed E-state index contributed by atoms with van der Waals surface area (Å²) < 4.78 is 0.803. The van der Waals surface area contributed by atoms with Crippen LogP contribution in [0.15, 0.2) is 24.3 Å². The minimum Gasteiger partial charge on any atom is -0.477 e. The summed E-state index contributed by atoms with van der Waals surface area (Å²) in [6, 6.07) is 7.11. The third-order valence-electron chi connectivity index (χ3n) is 1.86. The van der Waals surface area contributed by atoms with Gasteiger partial charge in [0.1, 0.15) is 0 Å². The Bertz CT molecular complexity index is 553. The van der Waals surface area contributed by atoms with Gasteiger partial charge in [-0.1, -0.05) is 12.1 Å². The molecule has 2 aromatic rings. The number of nitrogens with zero attached hydrogens (tertiary/aromatic N) is 2. The minimum absolute atomic E-state index is 0.0636. The zero-order valence-electron chi connectivity index (χ0n) is 6.97. The normalized spacial score (nSPS) is 9.93. The summed E-state index contributed by atoms with van der Waals surface area (Å²) in [4.78, 5) is 13.9. The quantitative estimate of drug-likeness (QED) is 0.727. The van der Waals surface area contributed by atoms with E-state index in [1.807, 2.05) is 6.07 Å². The Kier molecular flexibility index (Phi) is 1.91. The third kappa shape index (κ3) is 1.13. The number of hydrogen-bond acceptors (Lipinski definition) is 3. The first kappa shape index (κ1) is 8.66. The molecule has 0 radical (unpaired) electrons. The first-order valence-corrected chi connectivity index (χ1v) is 4.65. The van der Waals surface area contributed by atoms with E-state index in [4.69, 9.17) is 10.5 Å². The van der Waals surface area contributed by atoms with Gasteiger partial charge >= 0.3 is 11.7 Å². The van der Waals surface area contributed by atoms with E-state index in [-0.39, 0.29) is 10.6 Å². The molecular formula is C9H5N2O2S+. The Morgan fingerprint density at radius 2 is 2.14 bits per heavy atom. The van der Waals surface area contributed by atoms with E-state index in [0.717, 1.165) is 16.0 Å².